The largest absolute Gasteiger partial charge is 0.464 e. The molecule has 2 atom stereocenters. The van der Waals surface area contributed by atoms with E-state index in [-0.39, 0.29) is 5.69 Å². The van der Waals surface area contributed by atoms with Gasteiger partial charge < -0.3 is 15.0 Å². The summed E-state index contributed by atoms with van der Waals surface area (Å²) in [5, 5.41) is 11.4. The molecule has 2 unspecified atom stereocenters. The molecule has 20 heavy (non-hydrogen) atoms. The summed E-state index contributed by atoms with van der Waals surface area (Å²) in [5.74, 6) is 0.275. The van der Waals surface area contributed by atoms with Crippen molar-refractivity contribution in [3.63, 3.8) is 0 Å². The van der Waals surface area contributed by atoms with Crippen LogP contribution in [0.25, 0.3) is 0 Å². The summed E-state index contributed by atoms with van der Waals surface area (Å²) in [6, 6.07) is 4.61. The Kier molecular flexibility index (Phi) is 3.82. The highest BCUT2D eigenvalue weighted by Crippen LogP contribution is 2.28. The lowest BCUT2D eigenvalue weighted by Gasteiger charge is -2.35. The van der Waals surface area contributed by atoms with Crippen LogP contribution in [0.4, 0.5) is 5.82 Å². The van der Waals surface area contributed by atoms with Crippen LogP contribution >= 0.6 is 0 Å². The summed E-state index contributed by atoms with van der Waals surface area (Å²) in [6.07, 6.45) is 4.94. The van der Waals surface area contributed by atoms with E-state index in [1.165, 1.54) is 32.9 Å². The van der Waals surface area contributed by atoms with Gasteiger partial charge in [-0.05, 0) is 44.4 Å². The second-order valence-corrected chi connectivity index (χ2v) is 5.49. The van der Waals surface area contributed by atoms with Crippen molar-refractivity contribution in [2.75, 3.05) is 25.5 Å². The van der Waals surface area contributed by atoms with Gasteiger partial charge in [-0.2, -0.15) is 0 Å². The quantitative estimate of drug-likeness (QED) is 0.839. The zero-order valence-electron chi connectivity index (χ0n) is 11.7. The first-order valence-electron chi connectivity index (χ1n) is 7.19. The standard InChI is InChI=1S/C14H20N4O2/c1-20-14(19)12-4-5-13(17-16-12)15-10-6-8-18-7-2-3-11(18)9-10/h4-5,10-11H,2-3,6-9H2,1H3,(H,15,17). The number of piperidine rings is 1. The monoisotopic (exact) mass is 276 g/mol. The molecule has 0 spiro atoms. The van der Waals surface area contributed by atoms with Crippen molar-refractivity contribution in [2.24, 2.45) is 0 Å². The number of hydrogen-bond acceptors (Lipinski definition) is 6. The molecule has 0 aliphatic carbocycles. The van der Waals surface area contributed by atoms with Crippen LogP contribution in [-0.2, 0) is 4.74 Å². The van der Waals surface area contributed by atoms with Crippen molar-refractivity contribution in [3.05, 3.63) is 17.8 Å². The van der Waals surface area contributed by atoms with E-state index >= 15 is 0 Å². The van der Waals surface area contributed by atoms with E-state index in [2.05, 4.69) is 25.2 Å². The average molecular weight is 276 g/mol. The van der Waals surface area contributed by atoms with Gasteiger partial charge in [-0.25, -0.2) is 4.79 Å². The third-order valence-corrected chi connectivity index (χ3v) is 4.23. The Hall–Kier alpha value is -1.69. The number of nitrogens with zero attached hydrogens (tertiary/aromatic N) is 3. The van der Waals surface area contributed by atoms with E-state index in [9.17, 15) is 4.79 Å². The van der Waals surface area contributed by atoms with Crippen molar-refractivity contribution < 1.29 is 9.53 Å². The third-order valence-electron chi connectivity index (χ3n) is 4.23. The van der Waals surface area contributed by atoms with Gasteiger partial charge in [-0.15, -0.1) is 10.2 Å². The second-order valence-electron chi connectivity index (χ2n) is 5.49. The molecule has 2 fully saturated rings. The Morgan fingerprint density at radius 3 is 3.00 bits per heavy atom. The van der Waals surface area contributed by atoms with Crippen molar-refractivity contribution in [1.29, 1.82) is 0 Å². The maximum atomic E-state index is 11.3. The lowest BCUT2D eigenvalue weighted by molar-refractivity contribution is 0.0593. The predicted molar refractivity (Wildman–Crippen MR) is 74.6 cm³/mol. The fraction of sp³-hybridized carbons (Fsp3) is 0.643. The minimum Gasteiger partial charge on any atom is -0.464 e. The second kappa shape index (κ2) is 5.75. The summed E-state index contributed by atoms with van der Waals surface area (Å²) >= 11 is 0. The number of nitrogens with one attached hydrogen (secondary N) is 1. The van der Waals surface area contributed by atoms with Crippen molar-refractivity contribution in [1.82, 2.24) is 15.1 Å². The molecule has 2 aliphatic heterocycles. The average Bonchev–Trinajstić information content (AvgIpc) is 2.95. The summed E-state index contributed by atoms with van der Waals surface area (Å²) in [5.41, 5.74) is 0.240. The maximum absolute atomic E-state index is 11.3. The normalized spacial score (nSPS) is 26.1. The zero-order chi connectivity index (χ0) is 13.9. The van der Waals surface area contributed by atoms with Gasteiger partial charge in [0.05, 0.1) is 7.11 Å². The zero-order valence-corrected chi connectivity index (χ0v) is 11.7. The van der Waals surface area contributed by atoms with E-state index < -0.39 is 5.97 Å². The van der Waals surface area contributed by atoms with Gasteiger partial charge in [-0.1, -0.05) is 0 Å². The van der Waals surface area contributed by atoms with Crippen LogP contribution in [0.5, 0.6) is 0 Å². The Morgan fingerprint density at radius 1 is 1.35 bits per heavy atom. The minimum absolute atomic E-state index is 0.240. The van der Waals surface area contributed by atoms with Crippen LogP contribution < -0.4 is 5.32 Å². The first-order chi connectivity index (χ1) is 9.76. The van der Waals surface area contributed by atoms with Gasteiger partial charge in [0.15, 0.2) is 5.69 Å². The summed E-state index contributed by atoms with van der Waals surface area (Å²) in [6.45, 7) is 2.42. The molecule has 0 amide bonds. The van der Waals surface area contributed by atoms with Crippen LogP contribution in [0.3, 0.4) is 0 Å². The molecule has 1 aromatic heterocycles. The van der Waals surface area contributed by atoms with Crippen molar-refractivity contribution >= 4 is 11.8 Å². The Morgan fingerprint density at radius 2 is 2.25 bits per heavy atom. The van der Waals surface area contributed by atoms with E-state index in [0.717, 1.165) is 24.8 Å². The molecule has 0 bridgehead atoms. The van der Waals surface area contributed by atoms with Gasteiger partial charge >= 0.3 is 5.97 Å². The van der Waals surface area contributed by atoms with Crippen LogP contribution in [0.15, 0.2) is 12.1 Å². The molecule has 0 aromatic carbocycles. The number of fused-ring (bicyclic) bond motifs is 1. The van der Waals surface area contributed by atoms with E-state index in [1.54, 1.807) is 12.1 Å². The van der Waals surface area contributed by atoms with Crippen LogP contribution in [0.1, 0.15) is 36.2 Å². The number of esters is 1. The summed E-state index contributed by atoms with van der Waals surface area (Å²) in [7, 11) is 1.34. The lowest BCUT2D eigenvalue weighted by atomic mass is 9.97. The number of anilines is 1. The predicted octanol–water partition coefficient (Wildman–Crippen LogP) is 1.30. The van der Waals surface area contributed by atoms with Gasteiger partial charge in [0.2, 0.25) is 0 Å². The number of carbonyl (C=O) groups is 1. The molecule has 108 valence electrons. The highest BCUT2D eigenvalue weighted by atomic mass is 16.5. The molecule has 6 heteroatoms. The first-order valence-corrected chi connectivity index (χ1v) is 7.19. The number of rotatable bonds is 3. The number of methoxy groups -OCH3 is 1. The first kappa shape index (κ1) is 13.3. The van der Waals surface area contributed by atoms with Gasteiger partial charge in [0.25, 0.3) is 0 Å². The smallest absolute Gasteiger partial charge is 0.358 e. The molecular formula is C14H20N4O2. The molecule has 2 aliphatic rings. The molecule has 6 nitrogen and oxygen atoms in total. The molecule has 2 saturated heterocycles. The van der Waals surface area contributed by atoms with E-state index in [4.69, 9.17) is 0 Å². The number of ether oxygens (including phenoxy) is 1. The molecule has 1 aromatic rings. The minimum atomic E-state index is -0.455. The fourth-order valence-corrected chi connectivity index (χ4v) is 3.19. The Bertz CT molecular complexity index is 477. The highest BCUT2D eigenvalue weighted by molar-refractivity contribution is 5.86. The molecular weight excluding hydrogens is 256 g/mol. The highest BCUT2D eigenvalue weighted by Gasteiger charge is 2.31. The SMILES string of the molecule is COC(=O)c1ccc(NC2CCN3CCCC3C2)nn1. The Balaban J connectivity index is 1.59. The van der Waals surface area contributed by atoms with Gasteiger partial charge in [0, 0.05) is 18.6 Å². The molecule has 3 heterocycles. The van der Waals surface area contributed by atoms with Crippen LogP contribution in [0.2, 0.25) is 0 Å². The van der Waals surface area contributed by atoms with Gasteiger partial charge in [-0.3, -0.25) is 0 Å². The van der Waals surface area contributed by atoms with Crippen molar-refractivity contribution in [3.8, 4) is 0 Å². The molecule has 0 saturated carbocycles. The number of carbonyl (C=O) groups excluding carboxylic acids is 1. The van der Waals surface area contributed by atoms with Crippen LogP contribution in [-0.4, -0.2) is 53.3 Å². The third kappa shape index (κ3) is 2.75. The Labute approximate surface area is 118 Å². The molecule has 0 radical (unpaired) electrons. The maximum Gasteiger partial charge on any atom is 0.358 e. The van der Waals surface area contributed by atoms with Gasteiger partial charge in [0.1, 0.15) is 5.82 Å². The molecule has 1 N–H and O–H groups in total. The topological polar surface area (TPSA) is 67.3 Å². The summed E-state index contributed by atoms with van der Waals surface area (Å²) in [4.78, 5) is 13.9. The van der Waals surface area contributed by atoms with Crippen LogP contribution in [0, 0.1) is 0 Å². The van der Waals surface area contributed by atoms with E-state index in [0.29, 0.717) is 6.04 Å². The number of aromatic nitrogens is 2. The fourth-order valence-electron chi connectivity index (χ4n) is 3.19. The van der Waals surface area contributed by atoms with E-state index in [1.807, 2.05) is 0 Å². The van der Waals surface area contributed by atoms with Crippen molar-refractivity contribution in [2.45, 2.75) is 37.8 Å². The summed E-state index contributed by atoms with van der Waals surface area (Å²) < 4.78 is 4.61. The lowest BCUT2D eigenvalue weighted by Crippen LogP contribution is -2.42. The number of hydrogen-bond donors (Lipinski definition) is 1. The molecule has 3 rings (SSSR count).